The molecule has 2 aromatic rings. The van der Waals surface area contributed by atoms with Gasteiger partial charge in [-0.1, -0.05) is 64.0 Å². The van der Waals surface area contributed by atoms with Crippen LogP contribution >= 0.6 is 0 Å². The molecule has 0 aromatic heterocycles. The van der Waals surface area contributed by atoms with E-state index in [1.165, 1.54) is 51.9 Å². The number of benzene rings is 2. The van der Waals surface area contributed by atoms with Gasteiger partial charge in [-0.25, -0.2) is 9.79 Å². The second-order valence-corrected chi connectivity index (χ2v) is 8.35. The van der Waals surface area contributed by atoms with E-state index in [1.54, 1.807) is 30.3 Å². The minimum atomic E-state index is -0.525. The fourth-order valence-corrected chi connectivity index (χ4v) is 3.64. The minimum absolute atomic E-state index is 0.185. The molecule has 0 aliphatic carbocycles. The zero-order chi connectivity index (χ0) is 24.2. The summed E-state index contributed by atoms with van der Waals surface area (Å²) in [5.74, 6) is 0.509. The molecule has 0 saturated heterocycles. The Bertz CT molecular complexity index is 1020. The van der Waals surface area contributed by atoms with Gasteiger partial charge in [0.1, 0.15) is 11.5 Å². The summed E-state index contributed by atoms with van der Waals surface area (Å²) < 4.78 is 16.3. The van der Waals surface area contributed by atoms with Crippen LogP contribution in [0, 0.1) is 0 Å². The van der Waals surface area contributed by atoms with Gasteiger partial charge < -0.3 is 14.2 Å². The number of cyclic esters (lactones) is 1. The van der Waals surface area contributed by atoms with E-state index in [0.29, 0.717) is 23.5 Å². The number of carbonyl (C=O) groups is 2. The average Bonchev–Trinajstić information content (AvgIpc) is 3.18. The maximum absolute atomic E-state index is 12.3. The Morgan fingerprint density at radius 1 is 0.941 bits per heavy atom. The van der Waals surface area contributed by atoms with Gasteiger partial charge in [-0.2, -0.15) is 0 Å². The predicted octanol–water partition coefficient (Wildman–Crippen LogP) is 6.48. The fourth-order valence-electron chi connectivity index (χ4n) is 3.64. The van der Waals surface area contributed by atoms with Gasteiger partial charge in [0.25, 0.3) is 0 Å². The van der Waals surface area contributed by atoms with Crippen LogP contribution in [0.3, 0.4) is 0 Å². The van der Waals surface area contributed by atoms with E-state index in [-0.39, 0.29) is 11.6 Å². The summed E-state index contributed by atoms with van der Waals surface area (Å²) >= 11 is 0. The van der Waals surface area contributed by atoms with Gasteiger partial charge in [0.05, 0.1) is 6.61 Å². The number of hydrogen-bond acceptors (Lipinski definition) is 6. The number of esters is 2. The first kappa shape index (κ1) is 25.2. The Kier molecular flexibility index (Phi) is 9.89. The molecule has 0 radical (unpaired) electrons. The summed E-state index contributed by atoms with van der Waals surface area (Å²) in [4.78, 5) is 27.8. The van der Waals surface area contributed by atoms with Gasteiger partial charge in [-0.05, 0) is 54.5 Å². The van der Waals surface area contributed by atoms with Crippen LogP contribution in [-0.2, 0) is 14.3 Å². The molecule has 2 aromatic carbocycles. The maximum Gasteiger partial charge on any atom is 0.363 e. The van der Waals surface area contributed by atoms with Crippen molar-refractivity contribution in [2.75, 3.05) is 6.61 Å². The molecule has 0 N–H and O–H groups in total. The summed E-state index contributed by atoms with van der Waals surface area (Å²) in [6.45, 7) is 4.27. The first-order chi connectivity index (χ1) is 16.5. The van der Waals surface area contributed by atoms with Gasteiger partial charge in [-0.3, -0.25) is 4.79 Å². The second kappa shape index (κ2) is 13.3. The zero-order valence-electron chi connectivity index (χ0n) is 20.0. The molecular weight excluding hydrogens is 430 g/mol. The lowest BCUT2D eigenvalue weighted by Gasteiger charge is -2.07. The third-order valence-electron chi connectivity index (χ3n) is 5.41. The Labute approximate surface area is 201 Å². The van der Waals surface area contributed by atoms with Crippen molar-refractivity contribution >= 4 is 23.9 Å². The molecule has 180 valence electrons. The van der Waals surface area contributed by atoms with Crippen LogP contribution in [0.1, 0.15) is 76.3 Å². The van der Waals surface area contributed by atoms with Crippen molar-refractivity contribution < 1.29 is 23.8 Å². The normalized spacial score (nSPS) is 14.1. The molecule has 6 heteroatoms. The van der Waals surface area contributed by atoms with Crippen molar-refractivity contribution in [3.63, 3.8) is 0 Å². The van der Waals surface area contributed by atoms with E-state index >= 15 is 0 Å². The molecule has 34 heavy (non-hydrogen) atoms. The summed E-state index contributed by atoms with van der Waals surface area (Å²) in [6.07, 6.45) is 11.7. The number of hydrogen-bond donors (Lipinski definition) is 0. The predicted molar refractivity (Wildman–Crippen MR) is 133 cm³/mol. The molecule has 0 spiro atoms. The number of rotatable bonds is 13. The highest BCUT2D eigenvalue weighted by molar-refractivity contribution is 6.12. The van der Waals surface area contributed by atoms with Crippen LogP contribution in [-0.4, -0.2) is 24.4 Å². The van der Waals surface area contributed by atoms with Gasteiger partial charge in [0.2, 0.25) is 5.90 Å². The highest BCUT2D eigenvalue weighted by atomic mass is 16.6. The van der Waals surface area contributed by atoms with E-state index in [1.807, 2.05) is 24.3 Å². The highest BCUT2D eigenvalue weighted by Gasteiger charge is 2.24. The van der Waals surface area contributed by atoms with E-state index in [9.17, 15) is 9.59 Å². The number of aliphatic imine (C=N–C) groups is 1. The molecular formula is C28H33NO5. The third kappa shape index (κ3) is 8.18. The van der Waals surface area contributed by atoms with Crippen LogP contribution in [0.2, 0.25) is 0 Å². The number of ether oxygens (including phenoxy) is 3. The summed E-state index contributed by atoms with van der Waals surface area (Å²) in [7, 11) is 0. The minimum Gasteiger partial charge on any atom is -0.494 e. The molecule has 1 aliphatic rings. The van der Waals surface area contributed by atoms with E-state index in [2.05, 4.69) is 11.9 Å². The van der Waals surface area contributed by atoms with Crippen molar-refractivity contribution in [1.29, 1.82) is 0 Å². The molecule has 6 nitrogen and oxygen atoms in total. The van der Waals surface area contributed by atoms with Crippen molar-refractivity contribution in [3.8, 4) is 11.5 Å². The monoisotopic (exact) mass is 463 g/mol. The standard InChI is InChI=1S/C28H33NO5/c1-3-4-5-6-7-8-9-10-18-32-24-16-14-23(15-17-24)27-29-26(28(31)34-27)20-22-12-11-13-25(19-22)33-21(2)30/h11-17,19-20H,3-10,18H2,1-2H3. The molecule has 0 unspecified atom stereocenters. The number of nitrogens with zero attached hydrogens (tertiary/aromatic N) is 1. The Hall–Kier alpha value is -3.41. The lowest BCUT2D eigenvalue weighted by Crippen LogP contribution is -2.05. The average molecular weight is 464 g/mol. The molecule has 0 saturated carbocycles. The number of carbonyl (C=O) groups excluding carboxylic acids is 2. The first-order valence-electron chi connectivity index (χ1n) is 12.1. The Morgan fingerprint density at radius 3 is 2.35 bits per heavy atom. The van der Waals surface area contributed by atoms with Crippen LogP contribution < -0.4 is 9.47 Å². The smallest absolute Gasteiger partial charge is 0.363 e. The van der Waals surface area contributed by atoms with E-state index in [0.717, 1.165) is 12.2 Å². The maximum atomic E-state index is 12.3. The van der Waals surface area contributed by atoms with Crippen molar-refractivity contribution in [2.45, 2.75) is 65.2 Å². The number of unbranched alkanes of at least 4 members (excludes halogenated alkanes) is 7. The molecule has 1 heterocycles. The van der Waals surface area contributed by atoms with E-state index in [4.69, 9.17) is 14.2 Å². The molecule has 3 rings (SSSR count). The first-order valence-corrected chi connectivity index (χ1v) is 12.1. The lowest BCUT2D eigenvalue weighted by molar-refractivity contribution is -0.132. The van der Waals surface area contributed by atoms with Crippen LogP contribution in [0.15, 0.2) is 59.2 Å². The molecule has 0 bridgehead atoms. The fraction of sp³-hybridized carbons (Fsp3) is 0.393. The highest BCUT2D eigenvalue weighted by Crippen LogP contribution is 2.23. The quantitative estimate of drug-likeness (QED) is 0.147. The lowest BCUT2D eigenvalue weighted by atomic mass is 10.1. The second-order valence-electron chi connectivity index (χ2n) is 8.35. The summed E-state index contributed by atoms with van der Waals surface area (Å²) in [6, 6.07) is 14.2. The van der Waals surface area contributed by atoms with Gasteiger partial charge in [-0.15, -0.1) is 0 Å². The van der Waals surface area contributed by atoms with Gasteiger partial charge >= 0.3 is 11.9 Å². The molecule has 1 aliphatic heterocycles. The van der Waals surface area contributed by atoms with Gasteiger partial charge in [0, 0.05) is 12.5 Å². The SMILES string of the molecule is CCCCCCCCCCOc1ccc(C2=NC(=Cc3cccc(OC(C)=O)c3)C(=O)O2)cc1. The van der Waals surface area contributed by atoms with Crippen LogP contribution in [0.5, 0.6) is 11.5 Å². The van der Waals surface area contributed by atoms with Crippen LogP contribution in [0.25, 0.3) is 6.08 Å². The molecule has 0 atom stereocenters. The summed E-state index contributed by atoms with van der Waals surface area (Å²) in [5, 5.41) is 0. The van der Waals surface area contributed by atoms with Crippen molar-refractivity contribution in [1.82, 2.24) is 0 Å². The molecule has 0 amide bonds. The molecule has 0 fully saturated rings. The summed E-state index contributed by atoms with van der Waals surface area (Å²) in [5.41, 5.74) is 1.57. The Balaban J connectivity index is 1.50. The zero-order valence-corrected chi connectivity index (χ0v) is 20.0. The topological polar surface area (TPSA) is 74.2 Å². The van der Waals surface area contributed by atoms with Crippen molar-refractivity contribution in [3.05, 3.63) is 65.4 Å². The van der Waals surface area contributed by atoms with E-state index < -0.39 is 11.9 Å². The van der Waals surface area contributed by atoms with Gasteiger partial charge in [0.15, 0.2) is 5.70 Å². The third-order valence-corrected chi connectivity index (χ3v) is 5.41. The Morgan fingerprint density at radius 2 is 1.65 bits per heavy atom. The largest absolute Gasteiger partial charge is 0.494 e. The van der Waals surface area contributed by atoms with Crippen LogP contribution in [0.4, 0.5) is 0 Å². The van der Waals surface area contributed by atoms with Crippen molar-refractivity contribution in [2.24, 2.45) is 4.99 Å².